The van der Waals surface area contributed by atoms with Crippen LogP contribution in [0.5, 0.6) is 5.75 Å². The van der Waals surface area contributed by atoms with E-state index >= 15 is 0 Å². The van der Waals surface area contributed by atoms with Crippen LogP contribution in [0.15, 0.2) is 108 Å². The van der Waals surface area contributed by atoms with Crippen LogP contribution in [0.1, 0.15) is 11.1 Å². The predicted octanol–water partition coefficient (Wildman–Crippen LogP) is 5.29. The Bertz CT molecular complexity index is 1690. The van der Waals surface area contributed by atoms with Crippen LogP contribution in [0.2, 0.25) is 10.0 Å². The normalized spacial score (nSPS) is 14.6. The Morgan fingerprint density at radius 2 is 1.52 bits per heavy atom. The van der Waals surface area contributed by atoms with E-state index in [9.17, 15) is 18.0 Å². The largest absolute Gasteiger partial charge is 0.477 e. The average Bonchev–Trinajstić information content (AvgIpc) is 3.01. The third kappa shape index (κ3) is 6.77. The molecule has 1 N–H and O–H groups in total. The molecule has 0 bridgehead atoms. The van der Waals surface area contributed by atoms with Gasteiger partial charge in [-0.25, -0.2) is 8.42 Å². The number of ether oxygens (including phenoxy) is 1. The lowest BCUT2D eigenvalue weighted by atomic mass is 10.1. The van der Waals surface area contributed by atoms with Gasteiger partial charge in [-0.1, -0.05) is 96.0 Å². The van der Waals surface area contributed by atoms with Crippen molar-refractivity contribution in [3.05, 3.63) is 124 Å². The SMILES string of the molecule is O=C(NCc1ccccc1)[C@@H]1CN(C(=O)CN(Cc2ccccc2)S(=O)(=O)c2cc(Cl)ccc2Cl)c2ccccc2O1. The smallest absolute Gasteiger partial charge is 0.263 e. The maximum absolute atomic E-state index is 13.9. The minimum absolute atomic E-state index is 0.0169. The zero-order valence-corrected chi connectivity index (χ0v) is 24.6. The second-order valence-electron chi connectivity index (χ2n) is 9.62. The summed E-state index contributed by atoms with van der Waals surface area (Å²) in [6, 6.07) is 29.3. The average molecular weight is 625 g/mol. The number of hydrogen-bond acceptors (Lipinski definition) is 5. The molecule has 1 aliphatic heterocycles. The van der Waals surface area contributed by atoms with Gasteiger partial charge in [0.1, 0.15) is 10.6 Å². The zero-order valence-electron chi connectivity index (χ0n) is 22.3. The molecule has 0 aliphatic carbocycles. The van der Waals surface area contributed by atoms with Crippen molar-refractivity contribution in [1.29, 1.82) is 0 Å². The van der Waals surface area contributed by atoms with E-state index < -0.39 is 34.5 Å². The van der Waals surface area contributed by atoms with Crippen molar-refractivity contribution in [2.45, 2.75) is 24.1 Å². The van der Waals surface area contributed by atoms with Crippen molar-refractivity contribution in [2.75, 3.05) is 18.0 Å². The topological polar surface area (TPSA) is 96.0 Å². The fourth-order valence-corrected chi connectivity index (χ4v) is 6.68. The number of fused-ring (bicyclic) bond motifs is 1. The highest BCUT2D eigenvalue weighted by Gasteiger charge is 2.36. The van der Waals surface area contributed by atoms with Crippen molar-refractivity contribution < 1.29 is 22.7 Å². The van der Waals surface area contributed by atoms with Crippen LogP contribution < -0.4 is 15.0 Å². The van der Waals surface area contributed by atoms with Crippen molar-refractivity contribution in [2.24, 2.45) is 0 Å². The van der Waals surface area contributed by atoms with Crippen LogP contribution in [-0.2, 0) is 32.7 Å². The summed E-state index contributed by atoms with van der Waals surface area (Å²) in [6.07, 6.45) is -1.01. The number of halogens is 2. The number of carbonyl (C=O) groups is 2. The standard InChI is InChI=1S/C31H27Cl2N3O5S/c32-24-15-16-25(33)29(17-24)42(39,40)35(19-23-11-5-2-6-12-23)21-30(37)36-20-28(41-27-14-8-7-13-26(27)36)31(38)34-18-22-9-3-1-4-10-22/h1-17,28H,18-21H2,(H,34,38)/t28-/m0/s1. The molecule has 0 saturated carbocycles. The molecule has 0 fully saturated rings. The zero-order chi connectivity index (χ0) is 29.7. The molecule has 4 aromatic carbocycles. The minimum atomic E-state index is -4.27. The first kappa shape index (κ1) is 29.6. The van der Waals surface area contributed by atoms with Gasteiger partial charge in [0.2, 0.25) is 15.9 Å². The molecule has 0 spiro atoms. The first-order valence-electron chi connectivity index (χ1n) is 13.1. The summed E-state index contributed by atoms with van der Waals surface area (Å²) in [5.74, 6) is -0.595. The number of hydrogen-bond donors (Lipinski definition) is 1. The Labute approximate surface area is 254 Å². The molecule has 1 aliphatic rings. The molecule has 11 heteroatoms. The highest BCUT2D eigenvalue weighted by Crippen LogP contribution is 2.34. The summed E-state index contributed by atoms with van der Waals surface area (Å²) in [5, 5.41) is 3.03. The van der Waals surface area contributed by atoms with Crippen LogP contribution >= 0.6 is 23.2 Å². The maximum Gasteiger partial charge on any atom is 0.263 e. The van der Waals surface area contributed by atoms with E-state index in [0.29, 0.717) is 23.5 Å². The molecule has 8 nitrogen and oxygen atoms in total. The maximum atomic E-state index is 13.9. The van der Waals surface area contributed by atoms with Crippen molar-refractivity contribution in [3.8, 4) is 5.75 Å². The lowest BCUT2D eigenvalue weighted by Crippen LogP contribution is -2.52. The fourth-order valence-electron chi connectivity index (χ4n) is 4.57. The van der Waals surface area contributed by atoms with Gasteiger partial charge in [0.15, 0.2) is 6.10 Å². The van der Waals surface area contributed by atoms with E-state index in [0.717, 1.165) is 9.87 Å². The van der Waals surface area contributed by atoms with Crippen molar-refractivity contribution >= 4 is 50.7 Å². The van der Waals surface area contributed by atoms with Gasteiger partial charge in [0, 0.05) is 18.1 Å². The highest BCUT2D eigenvalue weighted by atomic mass is 35.5. The van der Waals surface area contributed by atoms with E-state index in [-0.39, 0.29) is 28.0 Å². The molecule has 0 aromatic heterocycles. The van der Waals surface area contributed by atoms with Crippen LogP contribution in [-0.4, -0.2) is 43.7 Å². The van der Waals surface area contributed by atoms with Gasteiger partial charge < -0.3 is 15.0 Å². The van der Waals surface area contributed by atoms with E-state index in [4.69, 9.17) is 27.9 Å². The van der Waals surface area contributed by atoms with Gasteiger partial charge in [-0.2, -0.15) is 4.31 Å². The Balaban J connectivity index is 1.42. The molecular formula is C31H27Cl2N3O5S. The van der Waals surface area contributed by atoms with E-state index in [1.807, 2.05) is 36.4 Å². The molecule has 42 heavy (non-hydrogen) atoms. The lowest BCUT2D eigenvalue weighted by Gasteiger charge is -2.35. The third-order valence-electron chi connectivity index (χ3n) is 6.70. The quantitative estimate of drug-likeness (QED) is 0.273. The molecule has 216 valence electrons. The number of sulfonamides is 1. The van der Waals surface area contributed by atoms with Gasteiger partial charge in [-0.15, -0.1) is 0 Å². The number of carbonyl (C=O) groups excluding carboxylic acids is 2. The molecular weight excluding hydrogens is 597 g/mol. The van der Waals surface area contributed by atoms with Crippen LogP contribution in [0.4, 0.5) is 5.69 Å². The van der Waals surface area contributed by atoms with Crippen LogP contribution in [0, 0.1) is 0 Å². The third-order valence-corrected chi connectivity index (χ3v) is 9.21. The molecule has 1 heterocycles. The summed E-state index contributed by atoms with van der Waals surface area (Å²) in [4.78, 5) is 28.2. The Kier molecular flexibility index (Phi) is 9.13. The van der Waals surface area contributed by atoms with Crippen LogP contribution in [0.25, 0.3) is 0 Å². The summed E-state index contributed by atoms with van der Waals surface area (Å²) in [6.45, 7) is -0.427. The number of nitrogens with one attached hydrogen (secondary N) is 1. The molecule has 5 rings (SSSR count). The predicted molar refractivity (Wildman–Crippen MR) is 162 cm³/mol. The fraction of sp³-hybridized carbons (Fsp3) is 0.161. The first-order valence-corrected chi connectivity index (χ1v) is 15.3. The van der Waals surface area contributed by atoms with Gasteiger partial charge in [-0.05, 0) is 41.5 Å². The van der Waals surface area contributed by atoms with Crippen molar-refractivity contribution in [1.82, 2.24) is 9.62 Å². The van der Waals surface area contributed by atoms with Gasteiger partial charge >= 0.3 is 0 Å². The first-order chi connectivity index (χ1) is 20.2. The summed E-state index contributed by atoms with van der Waals surface area (Å²) >= 11 is 12.4. The Hall–Kier alpha value is -3.89. The summed E-state index contributed by atoms with van der Waals surface area (Å²) in [5.41, 5.74) is 2.02. The highest BCUT2D eigenvalue weighted by molar-refractivity contribution is 7.89. The summed E-state index contributed by atoms with van der Waals surface area (Å²) in [7, 11) is -4.27. The van der Waals surface area contributed by atoms with Crippen molar-refractivity contribution in [3.63, 3.8) is 0 Å². The molecule has 4 aromatic rings. The molecule has 1 atom stereocenters. The number of benzene rings is 4. The minimum Gasteiger partial charge on any atom is -0.477 e. The number of rotatable bonds is 9. The molecule has 0 radical (unpaired) electrons. The number of para-hydroxylation sites is 2. The second kappa shape index (κ2) is 13.0. The number of nitrogens with zero attached hydrogens (tertiary/aromatic N) is 2. The Morgan fingerprint density at radius 1 is 0.881 bits per heavy atom. The molecule has 0 saturated heterocycles. The Morgan fingerprint density at radius 3 is 2.24 bits per heavy atom. The molecule has 2 amide bonds. The monoisotopic (exact) mass is 623 g/mol. The number of anilines is 1. The van der Waals surface area contributed by atoms with Gasteiger partial charge in [-0.3, -0.25) is 9.59 Å². The lowest BCUT2D eigenvalue weighted by molar-refractivity contribution is -0.128. The van der Waals surface area contributed by atoms with Gasteiger partial charge in [0.05, 0.1) is 23.8 Å². The van der Waals surface area contributed by atoms with E-state index in [2.05, 4.69) is 5.32 Å². The van der Waals surface area contributed by atoms with E-state index in [1.54, 1.807) is 48.5 Å². The molecule has 0 unspecified atom stereocenters. The summed E-state index contributed by atoms with van der Waals surface area (Å²) < 4.78 is 34.8. The number of amides is 2. The van der Waals surface area contributed by atoms with Gasteiger partial charge in [0.25, 0.3) is 5.91 Å². The van der Waals surface area contributed by atoms with Crippen LogP contribution in [0.3, 0.4) is 0 Å². The van der Waals surface area contributed by atoms with E-state index in [1.165, 1.54) is 23.1 Å². The second-order valence-corrected chi connectivity index (χ2v) is 12.4.